The molecule has 4 aliphatic rings. The summed E-state index contributed by atoms with van der Waals surface area (Å²) in [5.74, 6) is 3.43. The first-order valence-corrected chi connectivity index (χ1v) is 9.60. The van der Waals surface area contributed by atoms with Crippen molar-refractivity contribution in [2.75, 3.05) is 0 Å². The van der Waals surface area contributed by atoms with E-state index in [1.807, 2.05) is 24.3 Å². The molecule has 23 heavy (non-hydrogen) atoms. The molecule has 0 amide bonds. The third-order valence-corrected chi connectivity index (χ3v) is 6.95. The van der Waals surface area contributed by atoms with Gasteiger partial charge < -0.3 is 4.42 Å². The zero-order valence-electron chi connectivity index (χ0n) is 13.2. The average molecular weight is 373 g/mol. The van der Waals surface area contributed by atoms with Crippen LogP contribution in [0.4, 0.5) is 0 Å². The second kappa shape index (κ2) is 4.95. The summed E-state index contributed by atoms with van der Waals surface area (Å²) in [5.41, 5.74) is 1.09. The first kappa shape index (κ1) is 14.3. The van der Waals surface area contributed by atoms with Crippen molar-refractivity contribution in [3.05, 3.63) is 34.5 Å². The lowest BCUT2D eigenvalue weighted by Gasteiger charge is -2.56. The number of ketones is 1. The molecule has 2 nitrogen and oxygen atoms in total. The minimum Gasteiger partial charge on any atom is -0.453 e. The second-order valence-corrected chi connectivity index (χ2v) is 9.23. The highest BCUT2D eigenvalue weighted by molar-refractivity contribution is 9.10. The van der Waals surface area contributed by atoms with Crippen molar-refractivity contribution in [3.8, 4) is 0 Å². The van der Waals surface area contributed by atoms with Crippen LogP contribution < -0.4 is 0 Å². The lowest BCUT2D eigenvalue weighted by atomic mass is 9.48. The van der Waals surface area contributed by atoms with E-state index < -0.39 is 0 Å². The van der Waals surface area contributed by atoms with E-state index in [2.05, 4.69) is 15.9 Å². The average Bonchev–Trinajstić information content (AvgIpc) is 2.88. The van der Waals surface area contributed by atoms with Crippen LogP contribution in [0.5, 0.6) is 0 Å². The molecule has 120 valence electrons. The number of hydrogen-bond donors (Lipinski definition) is 0. The van der Waals surface area contributed by atoms with E-state index in [1.165, 1.54) is 38.5 Å². The first-order chi connectivity index (χ1) is 11.1. The maximum absolute atomic E-state index is 12.9. The number of furan rings is 1. The molecular formula is C20H21BrO2. The van der Waals surface area contributed by atoms with Crippen molar-refractivity contribution < 1.29 is 9.21 Å². The Bertz CT molecular complexity index is 753. The number of carbonyl (C=O) groups excluding carboxylic acids is 1. The Hall–Kier alpha value is -1.09. The van der Waals surface area contributed by atoms with Gasteiger partial charge in [0.15, 0.2) is 11.5 Å². The van der Waals surface area contributed by atoms with Crippen LogP contribution in [-0.2, 0) is 0 Å². The number of Topliss-reactive ketones (excluding diaryl/α,β-unsaturated/α-hetero) is 1. The molecule has 0 N–H and O–H groups in total. The van der Waals surface area contributed by atoms with E-state index in [9.17, 15) is 4.79 Å². The Balaban J connectivity index is 1.42. The fraction of sp³-hybridized carbons (Fsp3) is 0.550. The van der Waals surface area contributed by atoms with Crippen molar-refractivity contribution in [1.29, 1.82) is 0 Å². The zero-order valence-corrected chi connectivity index (χ0v) is 14.8. The molecule has 0 radical (unpaired) electrons. The number of benzene rings is 1. The molecule has 4 fully saturated rings. The number of halogens is 1. The highest BCUT2D eigenvalue weighted by Crippen LogP contribution is 2.61. The van der Waals surface area contributed by atoms with Gasteiger partial charge >= 0.3 is 0 Å². The summed E-state index contributed by atoms with van der Waals surface area (Å²) in [6.07, 6.45) is 8.78. The van der Waals surface area contributed by atoms with Gasteiger partial charge in [0.2, 0.25) is 0 Å². The van der Waals surface area contributed by atoms with Gasteiger partial charge in [0, 0.05) is 16.3 Å². The van der Waals surface area contributed by atoms with Crippen molar-refractivity contribution in [3.63, 3.8) is 0 Å². The van der Waals surface area contributed by atoms with Crippen LogP contribution in [0.3, 0.4) is 0 Å². The molecule has 0 saturated heterocycles. The summed E-state index contributed by atoms with van der Waals surface area (Å²) in [4.78, 5) is 12.9. The van der Waals surface area contributed by atoms with Gasteiger partial charge in [0.25, 0.3) is 0 Å². The molecule has 0 atom stereocenters. The minimum absolute atomic E-state index is 0.208. The third kappa shape index (κ3) is 2.39. The maximum atomic E-state index is 12.9. The molecule has 1 aromatic heterocycles. The Kier molecular flexibility index (Phi) is 3.07. The second-order valence-electron chi connectivity index (χ2n) is 8.31. The van der Waals surface area contributed by atoms with Crippen molar-refractivity contribution >= 4 is 32.7 Å². The largest absolute Gasteiger partial charge is 0.453 e. The van der Waals surface area contributed by atoms with Crippen LogP contribution in [-0.4, -0.2) is 5.78 Å². The van der Waals surface area contributed by atoms with Crippen LogP contribution in [0, 0.1) is 23.2 Å². The van der Waals surface area contributed by atoms with Crippen LogP contribution in [0.25, 0.3) is 11.0 Å². The summed E-state index contributed by atoms with van der Waals surface area (Å²) in [6.45, 7) is 0. The van der Waals surface area contributed by atoms with Gasteiger partial charge in [0.05, 0.1) is 0 Å². The highest BCUT2D eigenvalue weighted by atomic mass is 79.9. The Morgan fingerprint density at radius 3 is 2.39 bits per heavy atom. The molecule has 2 aromatic rings. The van der Waals surface area contributed by atoms with Gasteiger partial charge in [-0.3, -0.25) is 4.79 Å². The van der Waals surface area contributed by atoms with Crippen molar-refractivity contribution in [2.45, 2.75) is 44.9 Å². The number of fused-ring (bicyclic) bond motifs is 1. The van der Waals surface area contributed by atoms with Crippen LogP contribution in [0.15, 0.2) is 33.2 Å². The molecule has 4 bridgehead atoms. The van der Waals surface area contributed by atoms with E-state index in [0.29, 0.717) is 12.2 Å². The van der Waals surface area contributed by atoms with E-state index in [4.69, 9.17) is 4.42 Å². The summed E-state index contributed by atoms with van der Waals surface area (Å²) in [5, 5.41) is 1.01. The van der Waals surface area contributed by atoms with Crippen LogP contribution in [0.2, 0.25) is 0 Å². The van der Waals surface area contributed by atoms with Gasteiger partial charge in [-0.05, 0) is 86.0 Å². The smallest absolute Gasteiger partial charge is 0.198 e. The highest BCUT2D eigenvalue weighted by Gasteiger charge is 2.51. The van der Waals surface area contributed by atoms with Gasteiger partial charge in [-0.1, -0.05) is 15.9 Å². The van der Waals surface area contributed by atoms with Crippen molar-refractivity contribution in [1.82, 2.24) is 0 Å². The minimum atomic E-state index is 0.208. The Morgan fingerprint density at radius 2 is 1.74 bits per heavy atom. The SMILES string of the molecule is O=C(CC12CC3CC(CC(C3)C1)C2)c1cc2cc(Br)ccc2o1. The van der Waals surface area contributed by atoms with Gasteiger partial charge in [-0.15, -0.1) is 0 Å². The van der Waals surface area contributed by atoms with Gasteiger partial charge in [-0.2, -0.15) is 0 Å². The van der Waals surface area contributed by atoms with Gasteiger partial charge in [0.1, 0.15) is 5.58 Å². The van der Waals surface area contributed by atoms with E-state index >= 15 is 0 Å². The first-order valence-electron chi connectivity index (χ1n) is 8.81. The van der Waals surface area contributed by atoms with E-state index in [1.54, 1.807) is 0 Å². The van der Waals surface area contributed by atoms with Crippen LogP contribution >= 0.6 is 15.9 Å². The predicted molar refractivity (Wildman–Crippen MR) is 93.5 cm³/mol. The number of rotatable bonds is 3. The molecule has 3 heteroatoms. The number of carbonyl (C=O) groups is 1. The summed E-state index contributed by atoms with van der Waals surface area (Å²) >= 11 is 3.48. The molecular weight excluding hydrogens is 352 g/mol. The monoisotopic (exact) mass is 372 g/mol. The topological polar surface area (TPSA) is 30.2 Å². The lowest BCUT2D eigenvalue weighted by Crippen LogP contribution is -2.46. The maximum Gasteiger partial charge on any atom is 0.198 e. The fourth-order valence-corrected chi connectivity index (χ4v) is 6.46. The summed E-state index contributed by atoms with van der Waals surface area (Å²) in [6, 6.07) is 7.82. The lowest BCUT2D eigenvalue weighted by molar-refractivity contribution is -0.0526. The molecule has 0 aliphatic heterocycles. The summed E-state index contributed by atoms with van der Waals surface area (Å²) in [7, 11) is 0. The fourth-order valence-electron chi connectivity index (χ4n) is 6.09. The van der Waals surface area contributed by atoms with Gasteiger partial charge in [-0.25, -0.2) is 0 Å². The van der Waals surface area contributed by atoms with Crippen LogP contribution in [0.1, 0.15) is 55.5 Å². The number of hydrogen-bond acceptors (Lipinski definition) is 2. The van der Waals surface area contributed by atoms with Crippen molar-refractivity contribution in [2.24, 2.45) is 23.2 Å². The Labute approximate surface area is 144 Å². The molecule has 1 heterocycles. The zero-order chi connectivity index (χ0) is 15.6. The third-order valence-electron chi connectivity index (χ3n) is 6.45. The standard InChI is InChI=1S/C20H21BrO2/c21-16-1-2-18-15(6-16)7-19(23-18)17(22)11-20-8-12-3-13(9-20)5-14(4-12)10-20/h1-2,6-7,12-14H,3-5,8-11H2. The van der Waals surface area contributed by atoms with E-state index in [0.717, 1.165) is 33.2 Å². The quantitative estimate of drug-likeness (QED) is 0.619. The molecule has 6 rings (SSSR count). The Morgan fingerprint density at radius 1 is 1.09 bits per heavy atom. The normalized spacial score (nSPS) is 35.1. The molecule has 0 unspecified atom stereocenters. The molecule has 4 aliphatic carbocycles. The summed E-state index contributed by atoms with van der Waals surface area (Å²) < 4.78 is 6.85. The van der Waals surface area contributed by atoms with E-state index in [-0.39, 0.29) is 11.2 Å². The molecule has 0 spiro atoms. The predicted octanol–water partition coefficient (Wildman–Crippen LogP) is 5.98. The molecule has 4 saturated carbocycles. The molecule has 1 aromatic carbocycles.